The van der Waals surface area contributed by atoms with Crippen molar-refractivity contribution in [3.63, 3.8) is 0 Å². The molecule has 4 heterocycles. The van der Waals surface area contributed by atoms with Crippen LogP contribution in [0.4, 0.5) is 0 Å². The molecular formula is C24H33N5O2. The van der Waals surface area contributed by atoms with Gasteiger partial charge in [-0.15, -0.1) is 0 Å². The van der Waals surface area contributed by atoms with Gasteiger partial charge >= 0.3 is 0 Å². The molecule has 7 nitrogen and oxygen atoms in total. The fraction of sp³-hybridized carbons (Fsp3) is 0.667. The second-order valence-electron chi connectivity index (χ2n) is 9.83. The summed E-state index contributed by atoms with van der Waals surface area (Å²) in [5.41, 5.74) is 1.14. The van der Waals surface area contributed by atoms with Crippen LogP contribution in [0.5, 0.6) is 0 Å². The molecule has 3 aliphatic rings. The van der Waals surface area contributed by atoms with Crippen LogP contribution in [0.1, 0.15) is 81.3 Å². The summed E-state index contributed by atoms with van der Waals surface area (Å²) < 4.78 is 1.51. The first-order valence-electron chi connectivity index (χ1n) is 11.9. The lowest BCUT2D eigenvalue weighted by Gasteiger charge is -2.43. The highest BCUT2D eigenvalue weighted by atomic mass is 16.3. The number of hydrogen-bond acceptors (Lipinski definition) is 6. The van der Waals surface area contributed by atoms with Gasteiger partial charge in [0.1, 0.15) is 5.82 Å². The molecule has 2 aromatic heterocycles. The Kier molecular flexibility index (Phi) is 5.65. The van der Waals surface area contributed by atoms with E-state index < -0.39 is 5.60 Å². The minimum atomic E-state index is -0.873. The van der Waals surface area contributed by atoms with E-state index in [4.69, 9.17) is 0 Å². The predicted molar refractivity (Wildman–Crippen MR) is 118 cm³/mol. The van der Waals surface area contributed by atoms with Crippen LogP contribution in [0.2, 0.25) is 0 Å². The molecule has 0 spiro atoms. The van der Waals surface area contributed by atoms with Crippen molar-refractivity contribution in [2.45, 2.75) is 101 Å². The number of unbranched alkanes of at least 4 members (excludes halogenated alkanes) is 1. The Balaban J connectivity index is 1.25. The molecule has 1 aliphatic carbocycles. The van der Waals surface area contributed by atoms with E-state index in [0.29, 0.717) is 37.4 Å². The predicted octanol–water partition coefficient (Wildman–Crippen LogP) is 2.81. The van der Waals surface area contributed by atoms with E-state index in [2.05, 4.69) is 26.9 Å². The lowest BCUT2D eigenvalue weighted by Crippen LogP contribution is -2.53. The first-order chi connectivity index (χ1) is 15.0. The van der Waals surface area contributed by atoms with E-state index in [0.717, 1.165) is 68.6 Å². The molecule has 2 bridgehead atoms. The van der Waals surface area contributed by atoms with Gasteiger partial charge in [-0.25, -0.2) is 14.6 Å². The number of rotatable bonds is 8. The SMILES string of the molecule is CCCCc1ncc(CN2C3CCC2CC(O)(Cn2nc(C4CC4)ccc2=O)C3)cn1. The van der Waals surface area contributed by atoms with Gasteiger partial charge in [0.2, 0.25) is 0 Å². The van der Waals surface area contributed by atoms with Crippen LogP contribution in [0, 0.1) is 0 Å². The van der Waals surface area contributed by atoms with E-state index in [1.54, 1.807) is 6.07 Å². The standard InChI is InChI=1S/C24H33N5O2/c1-2-3-4-22-25-13-17(14-26-22)15-28-19-7-8-20(28)12-24(31,11-19)16-29-23(30)10-9-21(27-29)18-5-6-18/h9-10,13-14,18-20,31H,2-8,11-12,15-16H2,1H3. The van der Waals surface area contributed by atoms with Crippen LogP contribution in [-0.4, -0.2) is 47.4 Å². The van der Waals surface area contributed by atoms with Crippen LogP contribution in [0.3, 0.4) is 0 Å². The molecule has 0 amide bonds. The molecular weight excluding hydrogens is 390 g/mol. The van der Waals surface area contributed by atoms with Crippen LogP contribution >= 0.6 is 0 Å². The maximum atomic E-state index is 12.4. The number of fused-ring (bicyclic) bond motifs is 2. The molecule has 2 atom stereocenters. The fourth-order valence-corrected chi connectivity index (χ4v) is 5.39. The highest BCUT2D eigenvalue weighted by Crippen LogP contribution is 2.42. The summed E-state index contributed by atoms with van der Waals surface area (Å²) in [5.74, 6) is 1.42. The van der Waals surface area contributed by atoms with Crippen molar-refractivity contribution in [2.75, 3.05) is 0 Å². The Bertz CT molecular complexity index is 955. The summed E-state index contributed by atoms with van der Waals surface area (Å²) >= 11 is 0. The Labute approximate surface area is 183 Å². The number of aromatic nitrogens is 4. The summed E-state index contributed by atoms with van der Waals surface area (Å²) in [6.07, 6.45) is 13.0. The number of piperidine rings is 1. The minimum Gasteiger partial charge on any atom is -0.388 e. The molecule has 31 heavy (non-hydrogen) atoms. The second-order valence-corrected chi connectivity index (χ2v) is 9.83. The van der Waals surface area contributed by atoms with Crippen molar-refractivity contribution < 1.29 is 5.11 Å². The molecule has 5 rings (SSSR count). The van der Waals surface area contributed by atoms with E-state index in [1.807, 2.05) is 18.5 Å². The first-order valence-corrected chi connectivity index (χ1v) is 11.9. The molecule has 2 aromatic rings. The van der Waals surface area contributed by atoms with Gasteiger partial charge in [0.05, 0.1) is 17.8 Å². The maximum absolute atomic E-state index is 12.4. The van der Waals surface area contributed by atoms with Gasteiger partial charge in [0.25, 0.3) is 5.56 Å². The zero-order chi connectivity index (χ0) is 21.4. The first kappa shape index (κ1) is 20.8. The maximum Gasteiger partial charge on any atom is 0.266 e. The topological polar surface area (TPSA) is 84.1 Å². The van der Waals surface area contributed by atoms with E-state index in [-0.39, 0.29) is 5.56 Å². The monoisotopic (exact) mass is 423 g/mol. The quantitative estimate of drug-likeness (QED) is 0.703. The fourth-order valence-electron chi connectivity index (χ4n) is 5.39. The molecule has 1 N–H and O–H groups in total. The van der Waals surface area contributed by atoms with Crippen LogP contribution in [-0.2, 0) is 19.5 Å². The van der Waals surface area contributed by atoms with Gasteiger partial charge in [0.15, 0.2) is 0 Å². The van der Waals surface area contributed by atoms with Crippen LogP contribution in [0.15, 0.2) is 29.3 Å². The Morgan fingerprint density at radius 3 is 2.45 bits per heavy atom. The number of hydrogen-bond donors (Lipinski definition) is 1. The van der Waals surface area contributed by atoms with Crippen molar-refractivity contribution in [1.82, 2.24) is 24.6 Å². The third-order valence-corrected chi connectivity index (χ3v) is 7.21. The van der Waals surface area contributed by atoms with Gasteiger partial charge in [-0.05, 0) is 51.0 Å². The van der Waals surface area contributed by atoms with Gasteiger partial charge in [-0.2, -0.15) is 5.10 Å². The molecule has 2 saturated heterocycles. The van der Waals surface area contributed by atoms with Crippen molar-refractivity contribution in [2.24, 2.45) is 0 Å². The minimum absolute atomic E-state index is 0.118. The average molecular weight is 424 g/mol. The molecule has 2 aliphatic heterocycles. The highest BCUT2D eigenvalue weighted by molar-refractivity contribution is 5.13. The largest absolute Gasteiger partial charge is 0.388 e. The molecule has 3 fully saturated rings. The van der Waals surface area contributed by atoms with Crippen molar-refractivity contribution in [3.8, 4) is 0 Å². The second kappa shape index (κ2) is 8.43. The van der Waals surface area contributed by atoms with E-state index >= 15 is 0 Å². The van der Waals surface area contributed by atoms with Crippen LogP contribution in [0.25, 0.3) is 0 Å². The zero-order valence-electron chi connectivity index (χ0n) is 18.4. The Morgan fingerprint density at radius 2 is 1.81 bits per heavy atom. The van der Waals surface area contributed by atoms with Gasteiger partial charge < -0.3 is 5.11 Å². The van der Waals surface area contributed by atoms with Gasteiger partial charge in [-0.3, -0.25) is 9.69 Å². The summed E-state index contributed by atoms with van der Waals surface area (Å²) in [6.45, 7) is 3.30. The number of aryl methyl sites for hydroxylation is 1. The molecule has 0 aromatic carbocycles. The van der Waals surface area contributed by atoms with E-state index in [9.17, 15) is 9.90 Å². The van der Waals surface area contributed by atoms with E-state index in [1.165, 1.54) is 4.68 Å². The summed E-state index contributed by atoms with van der Waals surface area (Å²) in [7, 11) is 0. The lowest BCUT2D eigenvalue weighted by atomic mass is 9.85. The van der Waals surface area contributed by atoms with Gasteiger partial charge in [-0.1, -0.05) is 13.3 Å². The highest BCUT2D eigenvalue weighted by Gasteiger charge is 2.47. The molecule has 1 saturated carbocycles. The molecule has 2 unspecified atom stereocenters. The third-order valence-electron chi connectivity index (χ3n) is 7.21. The zero-order valence-corrected chi connectivity index (χ0v) is 18.4. The van der Waals surface area contributed by atoms with Crippen molar-refractivity contribution in [1.29, 1.82) is 0 Å². The average Bonchev–Trinajstić information content (AvgIpc) is 3.57. The Hall–Kier alpha value is -2.12. The number of aliphatic hydroxyl groups is 1. The molecule has 0 radical (unpaired) electrons. The summed E-state index contributed by atoms with van der Waals surface area (Å²) in [5, 5.41) is 16.0. The molecule has 7 heteroatoms. The van der Waals surface area contributed by atoms with Crippen molar-refractivity contribution in [3.05, 3.63) is 52.0 Å². The number of nitrogens with zero attached hydrogens (tertiary/aromatic N) is 5. The summed E-state index contributed by atoms with van der Waals surface area (Å²) in [4.78, 5) is 24.0. The summed E-state index contributed by atoms with van der Waals surface area (Å²) in [6, 6.07) is 4.11. The smallest absolute Gasteiger partial charge is 0.266 e. The normalized spacial score (nSPS) is 28.2. The third kappa shape index (κ3) is 4.58. The van der Waals surface area contributed by atoms with Gasteiger partial charge in [0, 0.05) is 55.0 Å². The lowest BCUT2D eigenvalue weighted by molar-refractivity contribution is -0.0678. The molecule has 166 valence electrons. The van der Waals surface area contributed by atoms with Crippen molar-refractivity contribution >= 4 is 0 Å². The van der Waals surface area contributed by atoms with Crippen LogP contribution < -0.4 is 5.56 Å². The Morgan fingerprint density at radius 1 is 1.10 bits per heavy atom.